The van der Waals surface area contributed by atoms with Crippen molar-refractivity contribution < 1.29 is 16.8 Å². The zero-order valence-electron chi connectivity index (χ0n) is 13.9. The molecule has 1 aliphatic heterocycles. The lowest BCUT2D eigenvalue weighted by atomic mass is 9.92. The SMILES string of the molecule is CS(=O)(=O)N1CCCC(NS(=O)(=O)c2ccc3c(c2)CCCC3)C1. The number of benzene rings is 1. The van der Waals surface area contributed by atoms with Crippen molar-refractivity contribution in [3.63, 3.8) is 0 Å². The number of rotatable bonds is 4. The van der Waals surface area contributed by atoms with Crippen LogP contribution in [-0.2, 0) is 32.9 Å². The smallest absolute Gasteiger partial charge is 0.213 e. The third-order valence-electron chi connectivity index (χ3n) is 4.81. The number of fused-ring (bicyclic) bond motifs is 1. The molecule has 1 unspecified atom stereocenters. The van der Waals surface area contributed by atoms with Gasteiger partial charge >= 0.3 is 0 Å². The van der Waals surface area contributed by atoms with E-state index in [0.717, 1.165) is 37.5 Å². The van der Waals surface area contributed by atoms with E-state index in [2.05, 4.69) is 4.72 Å². The molecule has 2 aliphatic rings. The van der Waals surface area contributed by atoms with E-state index in [9.17, 15) is 16.8 Å². The van der Waals surface area contributed by atoms with Crippen LogP contribution in [0.2, 0.25) is 0 Å². The number of hydrogen-bond donors (Lipinski definition) is 1. The Morgan fingerprint density at radius 1 is 1.04 bits per heavy atom. The molecule has 0 radical (unpaired) electrons. The molecule has 1 saturated heterocycles. The van der Waals surface area contributed by atoms with E-state index in [0.29, 0.717) is 19.4 Å². The average Bonchev–Trinajstić information content (AvgIpc) is 2.53. The molecule has 0 amide bonds. The highest BCUT2D eigenvalue weighted by molar-refractivity contribution is 7.89. The summed E-state index contributed by atoms with van der Waals surface area (Å²) in [5.41, 5.74) is 2.35. The Labute approximate surface area is 144 Å². The Morgan fingerprint density at radius 3 is 2.46 bits per heavy atom. The minimum atomic E-state index is -3.63. The van der Waals surface area contributed by atoms with Crippen molar-refractivity contribution in [2.75, 3.05) is 19.3 Å². The van der Waals surface area contributed by atoms with Gasteiger partial charge in [-0.2, -0.15) is 0 Å². The van der Waals surface area contributed by atoms with Crippen LogP contribution in [-0.4, -0.2) is 46.5 Å². The summed E-state index contributed by atoms with van der Waals surface area (Å²) < 4.78 is 52.7. The molecule has 1 aromatic carbocycles. The van der Waals surface area contributed by atoms with Crippen molar-refractivity contribution in [2.24, 2.45) is 0 Å². The standard InChI is InChI=1S/C16H24N2O4S2/c1-23(19,20)18-10-4-7-15(12-18)17-24(21,22)16-9-8-13-5-2-3-6-14(13)11-16/h8-9,11,15,17H,2-7,10,12H2,1H3. The monoisotopic (exact) mass is 372 g/mol. The topological polar surface area (TPSA) is 83.6 Å². The Hall–Kier alpha value is -0.960. The second kappa shape index (κ2) is 6.74. The van der Waals surface area contributed by atoms with Gasteiger partial charge in [0.1, 0.15) is 0 Å². The van der Waals surface area contributed by atoms with Gasteiger partial charge in [0.2, 0.25) is 20.0 Å². The van der Waals surface area contributed by atoms with Crippen LogP contribution in [0, 0.1) is 0 Å². The fourth-order valence-electron chi connectivity index (χ4n) is 3.50. The molecule has 0 spiro atoms. The Balaban J connectivity index is 1.76. The first kappa shape index (κ1) is 17.8. The molecule has 6 nitrogen and oxygen atoms in total. The van der Waals surface area contributed by atoms with Gasteiger partial charge < -0.3 is 0 Å². The van der Waals surface area contributed by atoms with Crippen molar-refractivity contribution >= 4 is 20.0 Å². The minimum absolute atomic E-state index is 0.197. The number of nitrogens with zero attached hydrogens (tertiary/aromatic N) is 1. The van der Waals surface area contributed by atoms with Crippen molar-refractivity contribution in [1.29, 1.82) is 0 Å². The van der Waals surface area contributed by atoms with Gasteiger partial charge in [0.15, 0.2) is 0 Å². The first-order valence-corrected chi connectivity index (χ1v) is 11.7. The van der Waals surface area contributed by atoms with Crippen LogP contribution in [0.3, 0.4) is 0 Å². The van der Waals surface area contributed by atoms with Crippen LogP contribution in [0.15, 0.2) is 23.1 Å². The van der Waals surface area contributed by atoms with Crippen LogP contribution in [0.5, 0.6) is 0 Å². The fraction of sp³-hybridized carbons (Fsp3) is 0.625. The zero-order chi connectivity index (χ0) is 17.4. The summed E-state index contributed by atoms with van der Waals surface area (Å²) in [5, 5.41) is 0. The minimum Gasteiger partial charge on any atom is -0.213 e. The number of aryl methyl sites for hydroxylation is 2. The molecule has 1 N–H and O–H groups in total. The quantitative estimate of drug-likeness (QED) is 0.863. The molecule has 0 saturated carbocycles. The summed E-state index contributed by atoms with van der Waals surface area (Å²) in [6.07, 6.45) is 6.64. The van der Waals surface area contributed by atoms with Gasteiger partial charge in [0.05, 0.1) is 11.2 Å². The second-order valence-corrected chi connectivity index (χ2v) is 10.4. The normalized spacial score (nSPS) is 23.0. The second-order valence-electron chi connectivity index (χ2n) is 6.72. The Morgan fingerprint density at radius 2 is 1.75 bits per heavy atom. The molecule has 1 aromatic rings. The molecule has 1 aliphatic carbocycles. The lowest BCUT2D eigenvalue weighted by Gasteiger charge is -2.31. The molecular formula is C16H24N2O4S2. The molecule has 1 atom stereocenters. The zero-order valence-corrected chi connectivity index (χ0v) is 15.5. The first-order valence-electron chi connectivity index (χ1n) is 8.35. The summed E-state index contributed by atoms with van der Waals surface area (Å²) >= 11 is 0. The van der Waals surface area contributed by atoms with Gasteiger partial charge in [0, 0.05) is 19.1 Å². The van der Waals surface area contributed by atoms with Gasteiger partial charge in [-0.3, -0.25) is 0 Å². The predicted molar refractivity (Wildman–Crippen MR) is 92.8 cm³/mol. The maximum Gasteiger partial charge on any atom is 0.240 e. The molecule has 24 heavy (non-hydrogen) atoms. The van der Waals surface area contributed by atoms with Crippen molar-refractivity contribution in [3.05, 3.63) is 29.3 Å². The molecule has 8 heteroatoms. The van der Waals surface area contributed by atoms with Crippen molar-refractivity contribution in [2.45, 2.75) is 49.5 Å². The van der Waals surface area contributed by atoms with Gasteiger partial charge in [-0.1, -0.05) is 6.07 Å². The molecule has 134 valence electrons. The molecule has 0 bridgehead atoms. The molecule has 3 rings (SSSR count). The number of piperidine rings is 1. The van der Waals surface area contributed by atoms with Crippen LogP contribution in [0.1, 0.15) is 36.8 Å². The summed E-state index contributed by atoms with van der Waals surface area (Å²) in [6, 6.07) is 4.96. The molecule has 1 fully saturated rings. The van der Waals surface area contributed by atoms with Crippen LogP contribution in [0.4, 0.5) is 0 Å². The van der Waals surface area contributed by atoms with Crippen molar-refractivity contribution in [3.8, 4) is 0 Å². The van der Waals surface area contributed by atoms with Gasteiger partial charge in [-0.15, -0.1) is 0 Å². The number of hydrogen-bond acceptors (Lipinski definition) is 4. The summed E-state index contributed by atoms with van der Waals surface area (Å²) in [6.45, 7) is 0.652. The first-order chi connectivity index (χ1) is 11.3. The van der Waals surface area contributed by atoms with Crippen LogP contribution in [0.25, 0.3) is 0 Å². The molecule has 1 heterocycles. The van der Waals surface area contributed by atoms with Crippen LogP contribution < -0.4 is 4.72 Å². The average molecular weight is 373 g/mol. The third kappa shape index (κ3) is 3.99. The summed E-state index contributed by atoms with van der Waals surface area (Å²) in [5.74, 6) is 0. The van der Waals surface area contributed by atoms with Crippen LogP contribution >= 0.6 is 0 Å². The third-order valence-corrected chi connectivity index (χ3v) is 7.59. The maximum atomic E-state index is 12.7. The summed E-state index contributed by atoms with van der Waals surface area (Å²) in [4.78, 5) is 0.277. The van der Waals surface area contributed by atoms with E-state index in [1.807, 2.05) is 6.07 Å². The predicted octanol–water partition coefficient (Wildman–Crippen LogP) is 1.27. The Kier molecular flexibility index (Phi) is 5.01. The number of nitrogens with one attached hydrogen (secondary N) is 1. The lowest BCUT2D eigenvalue weighted by molar-refractivity contribution is 0.305. The number of sulfonamides is 2. The van der Waals surface area contributed by atoms with Gasteiger partial charge in [-0.05, 0) is 61.8 Å². The van der Waals surface area contributed by atoms with Gasteiger partial charge in [0.25, 0.3) is 0 Å². The maximum absolute atomic E-state index is 12.7. The van der Waals surface area contributed by atoms with E-state index < -0.39 is 20.0 Å². The highest BCUT2D eigenvalue weighted by Crippen LogP contribution is 2.24. The largest absolute Gasteiger partial charge is 0.240 e. The molecular weight excluding hydrogens is 348 g/mol. The molecule has 0 aromatic heterocycles. The van der Waals surface area contributed by atoms with Crippen molar-refractivity contribution in [1.82, 2.24) is 9.03 Å². The Bertz CT molecular complexity index is 818. The lowest BCUT2D eigenvalue weighted by Crippen LogP contribution is -2.49. The highest BCUT2D eigenvalue weighted by atomic mass is 32.2. The van der Waals surface area contributed by atoms with E-state index >= 15 is 0 Å². The summed E-state index contributed by atoms with van der Waals surface area (Å²) in [7, 11) is -6.93. The van der Waals surface area contributed by atoms with E-state index in [1.54, 1.807) is 12.1 Å². The van der Waals surface area contributed by atoms with E-state index in [4.69, 9.17) is 0 Å². The highest BCUT2D eigenvalue weighted by Gasteiger charge is 2.29. The van der Waals surface area contributed by atoms with E-state index in [-0.39, 0.29) is 17.5 Å². The van der Waals surface area contributed by atoms with Gasteiger partial charge in [-0.25, -0.2) is 25.9 Å². The fourth-order valence-corrected chi connectivity index (χ4v) is 5.73. The van der Waals surface area contributed by atoms with E-state index in [1.165, 1.54) is 9.87 Å².